The van der Waals surface area contributed by atoms with E-state index in [4.69, 9.17) is 0 Å². The fourth-order valence-electron chi connectivity index (χ4n) is 1.19. The second-order valence-corrected chi connectivity index (χ2v) is 3.75. The molecule has 0 saturated carbocycles. The summed E-state index contributed by atoms with van der Waals surface area (Å²) in [4.78, 5) is 0. The highest BCUT2D eigenvalue weighted by Crippen LogP contribution is 2.31. The molecule has 0 N–H and O–H groups in total. The van der Waals surface area contributed by atoms with Crippen molar-refractivity contribution in [2.24, 2.45) is 5.41 Å². The van der Waals surface area contributed by atoms with Crippen molar-refractivity contribution in [1.82, 2.24) is 0 Å². The van der Waals surface area contributed by atoms with Gasteiger partial charge < -0.3 is 0 Å². The zero-order chi connectivity index (χ0) is 7.78. The van der Waals surface area contributed by atoms with E-state index in [1.807, 2.05) is 0 Å². The van der Waals surface area contributed by atoms with Crippen LogP contribution in [0.4, 0.5) is 0 Å². The molecule has 0 heteroatoms. The Balaban J connectivity index is 2.87. The van der Waals surface area contributed by atoms with E-state index in [2.05, 4.69) is 39.8 Å². The molecule has 1 aliphatic rings. The predicted octanol–water partition coefficient (Wildman–Crippen LogP) is 3.12. The van der Waals surface area contributed by atoms with E-state index < -0.39 is 0 Å². The normalized spacial score (nSPS) is 23.6. The summed E-state index contributed by atoms with van der Waals surface area (Å²) in [5.74, 6) is 0. The van der Waals surface area contributed by atoms with Crippen molar-refractivity contribution in [3.8, 4) is 0 Å². The summed E-state index contributed by atoms with van der Waals surface area (Å²) >= 11 is 0. The van der Waals surface area contributed by atoms with Gasteiger partial charge in [-0.25, -0.2) is 0 Å². The van der Waals surface area contributed by atoms with Gasteiger partial charge in [0.25, 0.3) is 0 Å². The molecular formula is C10H15. The molecule has 0 aromatic rings. The Bertz CT molecular complexity index is 192. The van der Waals surface area contributed by atoms with Crippen molar-refractivity contribution >= 4 is 0 Å². The van der Waals surface area contributed by atoms with Crippen LogP contribution in [0.5, 0.6) is 0 Å². The molecule has 0 amide bonds. The Labute approximate surface area is 63.6 Å². The zero-order valence-corrected chi connectivity index (χ0v) is 7.07. The van der Waals surface area contributed by atoms with Crippen LogP contribution < -0.4 is 0 Å². The molecule has 10 heavy (non-hydrogen) atoms. The highest BCUT2D eigenvalue weighted by molar-refractivity contribution is 5.36. The first-order valence-electron chi connectivity index (χ1n) is 3.73. The Hall–Kier alpha value is -0.520. The molecule has 0 heterocycles. The minimum Gasteiger partial charge on any atom is -0.0805 e. The third kappa shape index (κ3) is 1.50. The van der Waals surface area contributed by atoms with E-state index in [1.54, 1.807) is 0 Å². The fourth-order valence-corrected chi connectivity index (χ4v) is 1.19. The Morgan fingerprint density at radius 1 is 1.50 bits per heavy atom. The lowest BCUT2D eigenvalue weighted by atomic mass is 9.81. The minimum atomic E-state index is 0.330. The first-order chi connectivity index (χ1) is 4.51. The van der Waals surface area contributed by atoms with Gasteiger partial charge in [0, 0.05) is 0 Å². The summed E-state index contributed by atoms with van der Waals surface area (Å²) in [6.07, 6.45) is 5.67. The average molecular weight is 135 g/mol. The smallest absolute Gasteiger partial charge is 0.0134 e. The molecule has 55 valence electrons. The van der Waals surface area contributed by atoms with Gasteiger partial charge in [0.15, 0.2) is 0 Å². The van der Waals surface area contributed by atoms with Crippen LogP contribution in [-0.2, 0) is 0 Å². The van der Waals surface area contributed by atoms with Crippen LogP contribution in [0.1, 0.15) is 27.2 Å². The Kier molecular flexibility index (Phi) is 1.72. The number of hydrogen-bond acceptors (Lipinski definition) is 0. The summed E-state index contributed by atoms with van der Waals surface area (Å²) in [7, 11) is 0. The molecule has 0 unspecified atom stereocenters. The molecular weight excluding hydrogens is 120 g/mol. The summed E-state index contributed by atoms with van der Waals surface area (Å²) < 4.78 is 0. The Morgan fingerprint density at radius 3 is 2.50 bits per heavy atom. The van der Waals surface area contributed by atoms with Gasteiger partial charge >= 0.3 is 0 Å². The molecule has 0 fully saturated rings. The van der Waals surface area contributed by atoms with E-state index in [9.17, 15) is 0 Å². The quantitative estimate of drug-likeness (QED) is 0.478. The van der Waals surface area contributed by atoms with Gasteiger partial charge in [-0.05, 0) is 31.3 Å². The van der Waals surface area contributed by atoms with Gasteiger partial charge in [0.05, 0.1) is 0 Å². The van der Waals surface area contributed by atoms with Crippen molar-refractivity contribution in [3.05, 3.63) is 30.2 Å². The van der Waals surface area contributed by atoms with Gasteiger partial charge in [0.1, 0.15) is 0 Å². The number of hydrogen-bond donors (Lipinski definition) is 0. The molecule has 1 aliphatic carbocycles. The van der Waals surface area contributed by atoms with E-state index in [1.165, 1.54) is 11.1 Å². The van der Waals surface area contributed by atoms with Gasteiger partial charge in [-0.2, -0.15) is 0 Å². The lowest BCUT2D eigenvalue weighted by Crippen LogP contribution is -2.10. The second kappa shape index (κ2) is 2.26. The number of rotatable bonds is 0. The highest BCUT2D eigenvalue weighted by atomic mass is 14.2. The van der Waals surface area contributed by atoms with Gasteiger partial charge in [-0.3, -0.25) is 0 Å². The third-order valence-corrected chi connectivity index (χ3v) is 2.01. The third-order valence-electron chi connectivity index (χ3n) is 2.01. The summed E-state index contributed by atoms with van der Waals surface area (Å²) in [6.45, 7) is 10.6. The van der Waals surface area contributed by atoms with Crippen LogP contribution in [0.3, 0.4) is 0 Å². The van der Waals surface area contributed by atoms with Crippen molar-refractivity contribution in [2.75, 3.05) is 0 Å². The van der Waals surface area contributed by atoms with Gasteiger partial charge in [-0.15, -0.1) is 0 Å². The second-order valence-electron chi connectivity index (χ2n) is 3.75. The monoisotopic (exact) mass is 135 g/mol. The van der Waals surface area contributed by atoms with Crippen molar-refractivity contribution in [2.45, 2.75) is 27.2 Å². The molecule has 0 aromatic carbocycles. The predicted molar refractivity (Wildman–Crippen MR) is 45.6 cm³/mol. The first-order valence-corrected chi connectivity index (χ1v) is 3.73. The fraction of sp³-hybridized carbons (Fsp3) is 0.500. The maximum atomic E-state index is 3.97. The van der Waals surface area contributed by atoms with E-state index in [-0.39, 0.29) is 0 Å². The van der Waals surface area contributed by atoms with Crippen molar-refractivity contribution < 1.29 is 0 Å². The maximum Gasteiger partial charge on any atom is -0.0134 e. The van der Waals surface area contributed by atoms with Crippen LogP contribution >= 0.6 is 0 Å². The molecule has 1 rings (SSSR count). The van der Waals surface area contributed by atoms with Crippen LogP contribution in [0, 0.1) is 12.3 Å². The lowest BCUT2D eigenvalue weighted by molar-refractivity contribution is 0.479. The summed E-state index contributed by atoms with van der Waals surface area (Å²) in [5, 5.41) is 0. The summed E-state index contributed by atoms with van der Waals surface area (Å²) in [6, 6.07) is 0. The Morgan fingerprint density at radius 2 is 2.10 bits per heavy atom. The largest absolute Gasteiger partial charge is 0.0805 e. The molecule has 0 saturated heterocycles. The SMILES string of the molecule is [CH2]C1=CC(C)(C)CC=C1C. The van der Waals surface area contributed by atoms with Gasteiger partial charge in [-0.1, -0.05) is 31.6 Å². The van der Waals surface area contributed by atoms with Crippen LogP contribution in [0.2, 0.25) is 0 Å². The van der Waals surface area contributed by atoms with E-state index in [0.29, 0.717) is 5.41 Å². The minimum absolute atomic E-state index is 0.330. The van der Waals surface area contributed by atoms with Gasteiger partial charge in [0.2, 0.25) is 0 Å². The van der Waals surface area contributed by atoms with Crippen molar-refractivity contribution in [3.63, 3.8) is 0 Å². The van der Waals surface area contributed by atoms with E-state index >= 15 is 0 Å². The highest BCUT2D eigenvalue weighted by Gasteiger charge is 2.17. The van der Waals surface area contributed by atoms with Crippen molar-refractivity contribution in [1.29, 1.82) is 0 Å². The molecule has 0 spiro atoms. The molecule has 0 aliphatic heterocycles. The zero-order valence-electron chi connectivity index (χ0n) is 7.07. The van der Waals surface area contributed by atoms with E-state index in [0.717, 1.165) is 6.42 Å². The summed E-state index contributed by atoms with van der Waals surface area (Å²) in [5.41, 5.74) is 2.85. The lowest BCUT2D eigenvalue weighted by Gasteiger charge is -2.24. The molecule has 0 nitrogen and oxygen atoms in total. The first kappa shape index (κ1) is 7.59. The topological polar surface area (TPSA) is 0 Å². The van der Waals surface area contributed by atoms with Crippen LogP contribution in [0.15, 0.2) is 23.3 Å². The molecule has 0 atom stereocenters. The number of allylic oxidation sites excluding steroid dienone is 4. The van der Waals surface area contributed by atoms with Crippen LogP contribution in [0.25, 0.3) is 0 Å². The molecule has 0 bridgehead atoms. The average Bonchev–Trinajstić information content (AvgIpc) is 1.79. The molecule has 0 aromatic heterocycles. The van der Waals surface area contributed by atoms with Crippen LogP contribution in [-0.4, -0.2) is 0 Å². The molecule has 1 radical (unpaired) electrons. The maximum absolute atomic E-state index is 3.97. The standard InChI is InChI=1S/C10H15/c1-8-5-6-10(3,4)7-9(8)2/h5,7H,2,6H2,1,3-4H3.